The number of alkyl halides is 3. The van der Waals surface area contributed by atoms with E-state index in [-0.39, 0.29) is 5.69 Å². The molecule has 3 aromatic rings. The number of halogens is 3. The second-order valence-corrected chi connectivity index (χ2v) is 6.22. The molecule has 0 bridgehead atoms. The molecule has 0 amide bonds. The zero-order valence-electron chi connectivity index (χ0n) is 15.6. The summed E-state index contributed by atoms with van der Waals surface area (Å²) in [6.45, 7) is 3.66. The van der Waals surface area contributed by atoms with Crippen molar-refractivity contribution >= 4 is 23.0 Å². The number of hydrogen-bond acceptors (Lipinski definition) is 5. The van der Waals surface area contributed by atoms with Crippen LogP contribution < -0.4 is 15.4 Å². The highest BCUT2D eigenvalue weighted by atomic mass is 19.4. The Kier molecular flexibility index (Phi) is 5.39. The van der Waals surface area contributed by atoms with Gasteiger partial charge >= 0.3 is 6.18 Å². The first kappa shape index (κ1) is 19.5. The van der Waals surface area contributed by atoms with Gasteiger partial charge in [0.05, 0.1) is 18.4 Å². The molecular formula is C20H19F3N4O. The SMILES string of the molecule is COc1ccc(C)cc1Nc1cc(Nc2cccc(C(F)(F)F)c2)nc(C)n1. The minimum Gasteiger partial charge on any atom is -0.495 e. The number of hydrogen-bond donors (Lipinski definition) is 2. The lowest BCUT2D eigenvalue weighted by atomic mass is 10.2. The summed E-state index contributed by atoms with van der Waals surface area (Å²) in [5.41, 5.74) is 1.32. The molecule has 0 aliphatic carbocycles. The lowest BCUT2D eigenvalue weighted by Crippen LogP contribution is -2.06. The number of nitrogens with zero attached hydrogens (tertiary/aromatic N) is 2. The van der Waals surface area contributed by atoms with Gasteiger partial charge in [-0.05, 0) is 49.7 Å². The van der Waals surface area contributed by atoms with Crippen molar-refractivity contribution < 1.29 is 17.9 Å². The second-order valence-electron chi connectivity index (χ2n) is 6.22. The normalized spacial score (nSPS) is 11.2. The van der Waals surface area contributed by atoms with Gasteiger partial charge < -0.3 is 15.4 Å². The Morgan fingerprint density at radius 2 is 1.61 bits per heavy atom. The van der Waals surface area contributed by atoms with E-state index in [0.29, 0.717) is 23.2 Å². The molecule has 0 spiro atoms. The Labute approximate surface area is 160 Å². The highest BCUT2D eigenvalue weighted by Gasteiger charge is 2.30. The predicted octanol–water partition coefficient (Wildman–Crippen LogP) is 5.61. The molecule has 1 heterocycles. The minimum absolute atomic E-state index is 0.284. The van der Waals surface area contributed by atoms with Gasteiger partial charge in [-0.1, -0.05) is 12.1 Å². The standard InChI is InChI=1S/C20H19F3N4O/c1-12-7-8-17(28-3)16(9-12)27-19-11-18(24-13(2)25-19)26-15-6-4-5-14(10-15)20(21,22)23/h4-11H,1-3H3,(H2,24,25,26,27). The summed E-state index contributed by atoms with van der Waals surface area (Å²) >= 11 is 0. The summed E-state index contributed by atoms with van der Waals surface area (Å²) in [6, 6.07) is 12.2. The van der Waals surface area contributed by atoms with Gasteiger partial charge in [0.1, 0.15) is 23.2 Å². The average molecular weight is 388 g/mol. The van der Waals surface area contributed by atoms with E-state index in [2.05, 4.69) is 20.6 Å². The van der Waals surface area contributed by atoms with Crippen molar-refractivity contribution in [3.05, 3.63) is 65.5 Å². The van der Waals surface area contributed by atoms with Gasteiger partial charge in [0, 0.05) is 11.8 Å². The van der Waals surface area contributed by atoms with Gasteiger partial charge in [-0.3, -0.25) is 0 Å². The zero-order valence-corrected chi connectivity index (χ0v) is 15.6. The molecular weight excluding hydrogens is 369 g/mol. The van der Waals surface area contributed by atoms with Gasteiger partial charge in [0.2, 0.25) is 0 Å². The van der Waals surface area contributed by atoms with Crippen molar-refractivity contribution in [1.82, 2.24) is 9.97 Å². The maximum atomic E-state index is 12.9. The Hall–Kier alpha value is -3.29. The summed E-state index contributed by atoms with van der Waals surface area (Å²) in [6.07, 6.45) is -4.41. The highest BCUT2D eigenvalue weighted by molar-refractivity contribution is 5.68. The van der Waals surface area contributed by atoms with Crippen LogP contribution in [0.25, 0.3) is 0 Å². The number of benzene rings is 2. The maximum Gasteiger partial charge on any atom is 0.416 e. The fraction of sp³-hybridized carbons (Fsp3) is 0.200. The first-order valence-electron chi connectivity index (χ1n) is 8.46. The molecule has 5 nitrogen and oxygen atoms in total. The topological polar surface area (TPSA) is 59.1 Å². The van der Waals surface area contributed by atoms with Crippen molar-refractivity contribution in [2.24, 2.45) is 0 Å². The quantitative estimate of drug-likeness (QED) is 0.595. The Morgan fingerprint density at radius 3 is 2.29 bits per heavy atom. The maximum absolute atomic E-state index is 12.9. The van der Waals surface area contributed by atoms with Crippen LogP contribution in [0, 0.1) is 13.8 Å². The van der Waals surface area contributed by atoms with Crippen molar-refractivity contribution in [2.45, 2.75) is 20.0 Å². The monoisotopic (exact) mass is 388 g/mol. The lowest BCUT2D eigenvalue weighted by molar-refractivity contribution is -0.137. The molecule has 1 aromatic heterocycles. The molecule has 0 aliphatic heterocycles. The van der Waals surface area contributed by atoms with Crippen molar-refractivity contribution in [2.75, 3.05) is 17.7 Å². The number of methoxy groups -OCH3 is 1. The average Bonchev–Trinajstić information content (AvgIpc) is 2.61. The van der Waals surface area contributed by atoms with Crippen LogP contribution in [0.1, 0.15) is 17.0 Å². The molecule has 0 atom stereocenters. The van der Waals surface area contributed by atoms with E-state index in [0.717, 1.165) is 23.4 Å². The van der Waals surface area contributed by atoms with E-state index in [1.54, 1.807) is 26.2 Å². The third kappa shape index (κ3) is 4.70. The van der Waals surface area contributed by atoms with Crippen LogP contribution in [0.5, 0.6) is 5.75 Å². The van der Waals surface area contributed by atoms with E-state index >= 15 is 0 Å². The smallest absolute Gasteiger partial charge is 0.416 e. The summed E-state index contributed by atoms with van der Waals surface area (Å²) in [5.74, 6) is 1.98. The molecule has 0 radical (unpaired) electrons. The molecule has 0 fully saturated rings. The number of aromatic nitrogens is 2. The number of nitrogens with one attached hydrogen (secondary N) is 2. The fourth-order valence-corrected chi connectivity index (χ4v) is 2.67. The van der Waals surface area contributed by atoms with Gasteiger partial charge in [0.25, 0.3) is 0 Å². The molecule has 8 heteroatoms. The van der Waals surface area contributed by atoms with Gasteiger partial charge in [0.15, 0.2) is 0 Å². The highest BCUT2D eigenvalue weighted by Crippen LogP contribution is 2.32. The fourth-order valence-electron chi connectivity index (χ4n) is 2.67. The van der Waals surface area contributed by atoms with E-state index < -0.39 is 11.7 Å². The number of ether oxygens (including phenoxy) is 1. The van der Waals surface area contributed by atoms with Crippen LogP contribution in [0.15, 0.2) is 48.5 Å². The van der Waals surface area contributed by atoms with Crippen LogP contribution in [-0.2, 0) is 6.18 Å². The van der Waals surface area contributed by atoms with Crippen LogP contribution in [0.3, 0.4) is 0 Å². The number of aryl methyl sites for hydroxylation is 2. The van der Waals surface area contributed by atoms with E-state index in [4.69, 9.17) is 4.74 Å². The second kappa shape index (κ2) is 7.75. The summed E-state index contributed by atoms with van der Waals surface area (Å²) in [7, 11) is 1.57. The molecule has 28 heavy (non-hydrogen) atoms. The van der Waals surface area contributed by atoms with Crippen LogP contribution in [0.4, 0.5) is 36.2 Å². The molecule has 0 saturated carbocycles. The summed E-state index contributed by atoms with van der Waals surface area (Å²) in [4.78, 5) is 8.58. The Balaban J connectivity index is 1.88. The predicted molar refractivity (Wildman–Crippen MR) is 103 cm³/mol. The number of anilines is 4. The zero-order chi connectivity index (χ0) is 20.3. The molecule has 0 aliphatic rings. The third-order valence-corrected chi connectivity index (χ3v) is 3.92. The van der Waals surface area contributed by atoms with Gasteiger partial charge in [-0.15, -0.1) is 0 Å². The lowest BCUT2D eigenvalue weighted by Gasteiger charge is -2.14. The van der Waals surface area contributed by atoms with E-state index in [1.165, 1.54) is 6.07 Å². The van der Waals surface area contributed by atoms with Crippen LogP contribution in [-0.4, -0.2) is 17.1 Å². The first-order chi connectivity index (χ1) is 13.2. The first-order valence-corrected chi connectivity index (χ1v) is 8.46. The molecule has 0 unspecified atom stereocenters. The van der Waals surface area contributed by atoms with Crippen LogP contribution in [0.2, 0.25) is 0 Å². The van der Waals surface area contributed by atoms with Crippen molar-refractivity contribution in [1.29, 1.82) is 0 Å². The van der Waals surface area contributed by atoms with Gasteiger partial charge in [-0.25, -0.2) is 9.97 Å². The van der Waals surface area contributed by atoms with Crippen molar-refractivity contribution in [3.63, 3.8) is 0 Å². The Morgan fingerprint density at radius 1 is 0.893 bits per heavy atom. The summed E-state index contributed by atoms with van der Waals surface area (Å²) < 4.78 is 44.1. The molecule has 2 N–H and O–H groups in total. The largest absolute Gasteiger partial charge is 0.495 e. The molecule has 0 saturated heterocycles. The third-order valence-electron chi connectivity index (χ3n) is 3.92. The molecule has 3 rings (SSSR count). The van der Waals surface area contributed by atoms with E-state index in [9.17, 15) is 13.2 Å². The Bertz CT molecular complexity index is 989. The summed E-state index contributed by atoms with van der Waals surface area (Å²) in [5, 5.41) is 6.07. The minimum atomic E-state index is -4.41. The number of rotatable bonds is 5. The van der Waals surface area contributed by atoms with Crippen molar-refractivity contribution in [3.8, 4) is 5.75 Å². The van der Waals surface area contributed by atoms with E-state index in [1.807, 2.05) is 25.1 Å². The van der Waals surface area contributed by atoms with Gasteiger partial charge in [-0.2, -0.15) is 13.2 Å². The van der Waals surface area contributed by atoms with Crippen LogP contribution >= 0.6 is 0 Å². The molecule has 146 valence electrons. The molecule has 2 aromatic carbocycles.